The Labute approximate surface area is 174 Å². The van der Waals surface area contributed by atoms with Crippen LogP contribution < -0.4 is 5.32 Å². The van der Waals surface area contributed by atoms with Crippen molar-refractivity contribution in [1.82, 2.24) is 15.1 Å². The number of piperazine rings is 1. The van der Waals surface area contributed by atoms with Crippen LogP contribution in [0.5, 0.6) is 0 Å². The molecule has 1 saturated heterocycles. The van der Waals surface area contributed by atoms with Crippen LogP contribution in [0, 0.1) is 0 Å². The van der Waals surface area contributed by atoms with Gasteiger partial charge < -0.3 is 15.1 Å². The largest absolute Gasteiger partial charge is 0.384 e. The molecule has 1 aromatic rings. The minimum Gasteiger partial charge on any atom is -0.384 e. The van der Waals surface area contributed by atoms with Gasteiger partial charge in [0.1, 0.15) is 0 Å². The lowest BCUT2D eigenvalue weighted by atomic mass is 10.1. The summed E-state index contributed by atoms with van der Waals surface area (Å²) in [5, 5.41) is 3.49. The van der Waals surface area contributed by atoms with E-state index in [-0.39, 0.29) is 0 Å². The molecule has 2 rings (SSSR count). The van der Waals surface area contributed by atoms with Gasteiger partial charge in [-0.3, -0.25) is 9.79 Å². The van der Waals surface area contributed by atoms with Gasteiger partial charge in [0, 0.05) is 55.9 Å². The number of rotatable bonds is 10. The lowest BCUT2D eigenvalue weighted by Gasteiger charge is -2.35. The van der Waals surface area contributed by atoms with Gasteiger partial charge in [0.15, 0.2) is 0 Å². The molecular weight excluding hydrogens is 360 g/mol. The fraction of sp³-hybridized carbons (Fsp3) is 0.250. The number of benzene rings is 1. The highest BCUT2D eigenvalue weighted by Gasteiger charge is 2.17. The molecule has 0 unspecified atom stereocenters. The van der Waals surface area contributed by atoms with Crippen molar-refractivity contribution < 1.29 is 4.79 Å². The predicted octanol–water partition coefficient (Wildman–Crippen LogP) is 3.66. The second kappa shape index (κ2) is 11.5. The van der Waals surface area contributed by atoms with Crippen LogP contribution in [0.25, 0.3) is 0 Å². The van der Waals surface area contributed by atoms with Crippen LogP contribution in [0.3, 0.4) is 0 Å². The molecular formula is C24H30N4O. The Bertz CT molecular complexity index is 813. The second-order valence-corrected chi connectivity index (χ2v) is 6.68. The summed E-state index contributed by atoms with van der Waals surface area (Å²) in [5.74, 6) is 0. The number of carbonyl (C=O) groups excluding carboxylic acids is 1. The molecule has 1 heterocycles. The SMILES string of the molecule is C=CN=C(C=C)C(/C=C(\C=C)N1CCN(C=O)CC1)=C(\C)NCc1ccccc1. The van der Waals surface area contributed by atoms with Gasteiger partial charge in [-0.25, -0.2) is 0 Å². The zero-order valence-electron chi connectivity index (χ0n) is 17.2. The molecule has 5 heteroatoms. The van der Waals surface area contributed by atoms with Crippen LogP contribution in [0.4, 0.5) is 0 Å². The Morgan fingerprint density at radius 1 is 1.10 bits per heavy atom. The molecule has 1 aliphatic rings. The molecule has 0 bridgehead atoms. The van der Waals surface area contributed by atoms with Crippen molar-refractivity contribution in [2.45, 2.75) is 13.5 Å². The van der Waals surface area contributed by atoms with Gasteiger partial charge in [0.05, 0.1) is 5.71 Å². The van der Waals surface area contributed by atoms with Crippen molar-refractivity contribution in [2.24, 2.45) is 4.99 Å². The summed E-state index contributed by atoms with van der Waals surface area (Å²) in [5.41, 5.74) is 4.85. The summed E-state index contributed by atoms with van der Waals surface area (Å²) in [4.78, 5) is 19.4. The number of nitrogens with one attached hydrogen (secondary N) is 1. The summed E-state index contributed by atoms with van der Waals surface area (Å²) in [6.07, 6.45) is 8.07. The minimum absolute atomic E-state index is 0.702. The van der Waals surface area contributed by atoms with E-state index in [2.05, 4.69) is 53.2 Å². The van der Waals surface area contributed by atoms with Crippen molar-refractivity contribution in [3.05, 3.63) is 97.0 Å². The Kier molecular flexibility index (Phi) is 8.70. The van der Waals surface area contributed by atoms with E-state index >= 15 is 0 Å². The average Bonchev–Trinajstić information content (AvgIpc) is 2.78. The van der Waals surface area contributed by atoms with Crippen LogP contribution in [-0.2, 0) is 11.3 Å². The maximum absolute atomic E-state index is 11.0. The Balaban J connectivity index is 2.32. The lowest BCUT2D eigenvalue weighted by Crippen LogP contribution is -2.44. The van der Waals surface area contributed by atoms with Gasteiger partial charge >= 0.3 is 0 Å². The van der Waals surface area contributed by atoms with E-state index in [1.807, 2.05) is 31.2 Å². The normalized spacial score (nSPS) is 16.0. The van der Waals surface area contributed by atoms with Crippen molar-refractivity contribution in [3.63, 3.8) is 0 Å². The molecule has 29 heavy (non-hydrogen) atoms. The quantitative estimate of drug-likeness (QED) is 0.377. The number of nitrogens with zero attached hydrogens (tertiary/aromatic N) is 3. The van der Waals surface area contributed by atoms with Crippen LogP contribution in [0.15, 0.2) is 96.5 Å². The number of hydrogen-bond donors (Lipinski definition) is 1. The van der Waals surface area contributed by atoms with Crippen molar-refractivity contribution in [2.75, 3.05) is 26.2 Å². The van der Waals surface area contributed by atoms with Crippen LogP contribution in [0.1, 0.15) is 12.5 Å². The van der Waals surface area contributed by atoms with E-state index in [1.165, 1.54) is 11.8 Å². The Hall–Kier alpha value is -3.34. The number of carbonyl (C=O) groups is 1. The molecule has 1 N–H and O–H groups in total. The number of hydrogen-bond acceptors (Lipinski definition) is 4. The standard InChI is InChI=1S/C24H30N4O/c1-5-22(28-15-13-27(19-29)14-16-28)17-23(24(6-2)25-7-3)20(4)26-18-21-11-9-8-10-12-21/h5-12,17,19,26H,1-3,13-16,18H2,4H3/b22-17+,23-20+,25-24?. The van der Waals surface area contributed by atoms with Gasteiger partial charge in [-0.05, 0) is 30.7 Å². The molecule has 152 valence electrons. The van der Waals surface area contributed by atoms with Gasteiger partial charge in [0.2, 0.25) is 6.41 Å². The van der Waals surface area contributed by atoms with Gasteiger partial charge in [0.25, 0.3) is 0 Å². The molecule has 0 aromatic heterocycles. The minimum atomic E-state index is 0.702. The predicted molar refractivity (Wildman–Crippen MR) is 121 cm³/mol. The maximum Gasteiger partial charge on any atom is 0.209 e. The third-order valence-corrected chi connectivity index (χ3v) is 4.83. The molecule has 1 aromatic carbocycles. The van der Waals surface area contributed by atoms with E-state index < -0.39 is 0 Å². The first kappa shape index (κ1) is 22.0. The van der Waals surface area contributed by atoms with E-state index in [9.17, 15) is 4.79 Å². The first-order valence-electron chi connectivity index (χ1n) is 9.71. The van der Waals surface area contributed by atoms with E-state index in [0.29, 0.717) is 19.6 Å². The first-order chi connectivity index (χ1) is 14.1. The zero-order chi connectivity index (χ0) is 21.1. The summed E-state index contributed by atoms with van der Waals surface area (Å²) in [7, 11) is 0. The fourth-order valence-corrected chi connectivity index (χ4v) is 3.14. The summed E-state index contributed by atoms with van der Waals surface area (Å²) < 4.78 is 0. The van der Waals surface area contributed by atoms with E-state index in [0.717, 1.165) is 42.2 Å². The number of aliphatic imine (C=N–C) groups is 1. The number of amides is 1. The molecule has 5 nitrogen and oxygen atoms in total. The fourth-order valence-electron chi connectivity index (χ4n) is 3.14. The zero-order valence-corrected chi connectivity index (χ0v) is 17.2. The molecule has 1 fully saturated rings. The van der Waals surface area contributed by atoms with Crippen molar-refractivity contribution in [3.8, 4) is 0 Å². The van der Waals surface area contributed by atoms with Crippen LogP contribution in [-0.4, -0.2) is 48.1 Å². The van der Waals surface area contributed by atoms with E-state index in [4.69, 9.17) is 0 Å². The third kappa shape index (κ3) is 6.35. The van der Waals surface area contributed by atoms with Gasteiger partial charge in [-0.1, -0.05) is 50.1 Å². The summed E-state index contributed by atoms with van der Waals surface area (Å²) >= 11 is 0. The highest BCUT2D eigenvalue weighted by atomic mass is 16.1. The Morgan fingerprint density at radius 3 is 2.34 bits per heavy atom. The molecule has 1 aliphatic heterocycles. The maximum atomic E-state index is 11.0. The molecule has 0 aliphatic carbocycles. The highest BCUT2D eigenvalue weighted by molar-refractivity contribution is 6.10. The third-order valence-electron chi connectivity index (χ3n) is 4.83. The topological polar surface area (TPSA) is 47.9 Å². The van der Waals surface area contributed by atoms with Crippen LogP contribution in [0.2, 0.25) is 0 Å². The van der Waals surface area contributed by atoms with Crippen LogP contribution >= 0.6 is 0 Å². The molecule has 0 radical (unpaired) electrons. The number of allylic oxidation sites excluding steroid dienone is 5. The monoisotopic (exact) mass is 390 g/mol. The highest BCUT2D eigenvalue weighted by Crippen LogP contribution is 2.17. The smallest absolute Gasteiger partial charge is 0.209 e. The van der Waals surface area contributed by atoms with Gasteiger partial charge in [-0.15, -0.1) is 0 Å². The van der Waals surface area contributed by atoms with Gasteiger partial charge in [-0.2, -0.15) is 0 Å². The first-order valence-corrected chi connectivity index (χ1v) is 9.71. The lowest BCUT2D eigenvalue weighted by molar-refractivity contribution is -0.119. The van der Waals surface area contributed by atoms with Crippen molar-refractivity contribution >= 4 is 12.1 Å². The molecule has 1 amide bonds. The van der Waals surface area contributed by atoms with E-state index in [1.54, 1.807) is 11.0 Å². The average molecular weight is 391 g/mol. The summed E-state index contributed by atoms with van der Waals surface area (Å²) in [6, 6.07) is 10.2. The summed E-state index contributed by atoms with van der Waals surface area (Å²) in [6.45, 7) is 17.3. The molecule has 0 atom stereocenters. The van der Waals surface area contributed by atoms with Crippen molar-refractivity contribution in [1.29, 1.82) is 0 Å². The second-order valence-electron chi connectivity index (χ2n) is 6.68. The molecule has 0 spiro atoms. The Morgan fingerprint density at radius 2 is 1.79 bits per heavy atom. The molecule has 0 saturated carbocycles.